The first-order chi connectivity index (χ1) is 47.7. The first-order valence-corrected chi connectivity index (χ1v) is 41.8. The molecule has 5 atom stereocenters. The molecule has 19 heteroatoms. The van der Waals surface area contributed by atoms with Crippen molar-refractivity contribution in [2.75, 3.05) is 39.6 Å². The highest BCUT2D eigenvalue weighted by molar-refractivity contribution is 7.47. The minimum Gasteiger partial charge on any atom is -0.462 e. The number of allylic oxidation sites excluding steroid dienone is 14. The molecule has 568 valence electrons. The molecular weight excluding hydrogens is 1280 g/mol. The fourth-order valence-electron chi connectivity index (χ4n) is 10.5. The molecule has 5 unspecified atom stereocenters. The molecule has 0 saturated heterocycles. The summed E-state index contributed by atoms with van der Waals surface area (Å²) in [6.45, 7) is 4.64. The van der Waals surface area contributed by atoms with Gasteiger partial charge in [-0.1, -0.05) is 280 Å². The maximum atomic E-state index is 13.1. The molecule has 0 aliphatic rings. The van der Waals surface area contributed by atoms with Crippen LogP contribution in [0.5, 0.6) is 0 Å². The molecule has 0 saturated carbocycles. The highest BCUT2D eigenvalue weighted by Gasteiger charge is 2.30. The van der Waals surface area contributed by atoms with E-state index in [0.29, 0.717) is 25.7 Å². The van der Waals surface area contributed by atoms with E-state index in [1.807, 2.05) is 0 Å². The van der Waals surface area contributed by atoms with Gasteiger partial charge in [0.25, 0.3) is 0 Å². The molecule has 0 aromatic rings. The quantitative estimate of drug-likeness (QED) is 0.0169. The number of carbonyl (C=O) groups excluding carboxylic acids is 4. The van der Waals surface area contributed by atoms with Crippen LogP contribution in [-0.2, 0) is 65.4 Å². The van der Waals surface area contributed by atoms with Crippen molar-refractivity contribution in [1.29, 1.82) is 0 Å². The number of phosphoric ester groups is 2. The van der Waals surface area contributed by atoms with Crippen molar-refractivity contribution in [3.63, 3.8) is 0 Å². The van der Waals surface area contributed by atoms with Crippen LogP contribution in [0.3, 0.4) is 0 Å². The summed E-state index contributed by atoms with van der Waals surface area (Å²) in [6, 6.07) is 0. The summed E-state index contributed by atoms with van der Waals surface area (Å²) >= 11 is 0. The molecule has 0 aliphatic carbocycles. The van der Waals surface area contributed by atoms with Gasteiger partial charge in [-0.3, -0.25) is 37.3 Å². The molecule has 0 amide bonds. The van der Waals surface area contributed by atoms with E-state index < -0.39 is 97.5 Å². The Kier molecular flexibility index (Phi) is 68.9. The Morgan fingerprint density at radius 1 is 0.296 bits per heavy atom. The van der Waals surface area contributed by atoms with Gasteiger partial charge in [0, 0.05) is 25.7 Å². The van der Waals surface area contributed by atoms with Crippen LogP contribution in [0, 0.1) is 0 Å². The molecule has 0 heterocycles. The number of esters is 4. The average molecular weight is 1420 g/mol. The van der Waals surface area contributed by atoms with Crippen LogP contribution in [0.1, 0.15) is 336 Å². The molecule has 0 spiro atoms. The maximum absolute atomic E-state index is 13.1. The van der Waals surface area contributed by atoms with Crippen LogP contribution in [-0.4, -0.2) is 96.7 Å². The van der Waals surface area contributed by atoms with E-state index in [2.05, 4.69) is 113 Å². The van der Waals surface area contributed by atoms with Crippen molar-refractivity contribution in [2.45, 2.75) is 354 Å². The standard InChI is InChI=1S/C79H140O17P2/c1-5-9-13-17-21-25-29-32-35-36-39-41-45-48-52-56-60-64-77(82)90-70-75(96-79(84)66-62-58-54-50-46-42-38-34-31-27-23-19-15-11-7-3)72-94-98(87,88)92-68-73(80)67-91-97(85,86)93-71-74(95-78(83)65-61-57-53-49-43-28-24-20-16-12-8-4)69-89-76(81)63-59-55-51-47-44-40-37-33-30-26-22-18-14-10-6-2/h9,11,13,15,21,23,25,27,32-35,37-38,73-75,80H,5-8,10,12,14,16-20,22,24,26,28-31,36,39-72H2,1-4H3,(H,85,86)(H,87,88)/b13-9-,15-11-,25-21-,27-23-,35-32-,37-33-,38-34-. The molecule has 17 nitrogen and oxygen atoms in total. The second-order valence-corrected chi connectivity index (χ2v) is 28.8. The Balaban J connectivity index is 5.33. The summed E-state index contributed by atoms with van der Waals surface area (Å²) < 4.78 is 68.5. The summed E-state index contributed by atoms with van der Waals surface area (Å²) in [5, 5.41) is 10.6. The van der Waals surface area contributed by atoms with Crippen LogP contribution in [0.25, 0.3) is 0 Å². The van der Waals surface area contributed by atoms with E-state index in [1.54, 1.807) is 0 Å². The predicted molar refractivity (Wildman–Crippen MR) is 399 cm³/mol. The minimum atomic E-state index is -4.98. The van der Waals surface area contributed by atoms with Gasteiger partial charge in [-0.2, -0.15) is 0 Å². The van der Waals surface area contributed by atoms with Crippen molar-refractivity contribution in [2.24, 2.45) is 0 Å². The molecule has 3 N–H and O–H groups in total. The molecule has 0 aromatic heterocycles. The molecule has 0 aromatic carbocycles. The largest absolute Gasteiger partial charge is 0.472 e. The fourth-order valence-corrected chi connectivity index (χ4v) is 12.1. The zero-order valence-electron chi connectivity index (χ0n) is 62.0. The van der Waals surface area contributed by atoms with Crippen LogP contribution >= 0.6 is 15.6 Å². The SMILES string of the molecule is CC/C=C\C/C=C\C/C=C\CCCCCCCCCC(=O)OCC(COP(=O)(O)OCC(O)COP(=O)(O)OCC(COC(=O)CCCCCCC/C=C\CCCCCCCC)OC(=O)CCCCCCCCCCCCC)OC(=O)CCCCCCC/C=C\C/C=C\C/C=C\CC. The van der Waals surface area contributed by atoms with Crippen LogP contribution in [0.15, 0.2) is 85.1 Å². The van der Waals surface area contributed by atoms with Gasteiger partial charge in [0.05, 0.1) is 26.4 Å². The van der Waals surface area contributed by atoms with E-state index >= 15 is 0 Å². The summed E-state index contributed by atoms with van der Waals surface area (Å²) in [5.74, 6) is -2.19. The summed E-state index contributed by atoms with van der Waals surface area (Å²) in [5.41, 5.74) is 0. The number of hydrogen-bond donors (Lipinski definition) is 3. The third kappa shape index (κ3) is 70.7. The van der Waals surface area contributed by atoms with E-state index in [-0.39, 0.29) is 25.7 Å². The van der Waals surface area contributed by atoms with E-state index in [0.717, 1.165) is 180 Å². The number of ether oxygens (including phenoxy) is 4. The summed E-state index contributed by atoms with van der Waals surface area (Å²) in [6.07, 6.45) is 72.8. The van der Waals surface area contributed by atoms with Gasteiger partial charge in [-0.25, -0.2) is 9.13 Å². The van der Waals surface area contributed by atoms with E-state index in [1.165, 1.54) is 77.0 Å². The summed E-state index contributed by atoms with van der Waals surface area (Å²) in [7, 11) is -9.95. The van der Waals surface area contributed by atoms with Gasteiger partial charge >= 0.3 is 39.5 Å². The highest BCUT2D eigenvalue weighted by Crippen LogP contribution is 2.45. The molecule has 0 radical (unpaired) electrons. The van der Waals surface area contributed by atoms with Crippen molar-refractivity contribution < 1.29 is 80.2 Å². The molecule has 98 heavy (non-hydrogen) atoms. The first kappa shape index (κ1) is 94.2. The third-order valence-corrected chi connectivity index (χ3v) is 18.3. The second kappa shape index (κ2) is 71.6. The van der Waals surface area contributed by atoms with Gasteiger partial charge in [0.15, 0.2) is 12.2 Å². The lowest BCUT2D eigenvalue weighted by Gasteiger charge is -2.21. The van der Waals surface area contributed by atoms with E-state index in [4.69, 9.17) is 37.0 Å². The minimum absolute atomic E-state index is 0.0742. The Bertz CT molecular complexity index is 2190. The lowest BCUT2D eigenvalue weighted by Crippen LogP contribution is -2.30. The topological polar surface area (TPSA) is 237 Å². The van der Waals surface area contributed by atoms with Gasteiger partial charge in [0.1, 0.15) is 19.3 Å². The number of rotatable bonds is 73. The van der Waals surface area contributed by atoms with Crippen molar-refractivity contribution in [3.05, 3.63) is 85.1 Å². The van der Waals surface area contributed by atoms with Gasteiger partial charge in [-0.05, 0) is 116 Å². The van der Waals surface area contributed by atoms with Crippen molar-refractivity contribution >= 4 is 39.5 Å². The normalized spacial score (nSPS) is 14.4. The zero-order valence-corrected chi connectivity index (χ0v) is 63.7. The Morgan fingerprint density at radius 2 is 0.531 bits per heavy atom. The Hall–Kier alpha value is -3.76. The van der Waals surface area contributed by atoms with Crippen LogP contribution in [0.2, 0.25) is 0 Å². The predicted octanol–water partition coefficient (Wildman–Crippen LogP) is 22.2. The highest BCUT2D eigenvalue weighted by atomic mass is 31.2. The molecule has 0 rings (SSSR count). The van der Waals surface area contributed by atoms with Gasteiger partial charge in [0.2, 0.25) is 0 Å². The first-order valence-electron chi connectivity index (χ1n) is 38.8. The van der Waals surface area contributed by atoms with Gasteiger partial charge < -0.3 is 33.8 Å². The van der Waals surface area contributed by atoms with Crippen molar-refractivity contribution in [3.8, 4) is 0 Å². The Morgan fingerprint density at radius 3 is 0.827 bits per heavy atom. The maximum Gasteiger partial charge on any atom is 0.472 e. The fraction of sp³-hybridized carbons (Fsp3) is 0.772. The monoisotopic (exact) mass is 1420 g/mol. The van der Waals surface area contributed by atoms with E-state index in [9.17, 15) is 43.2 Å². The lowest BCUT2D eigenvalue weighted by atomic mass is 10.1. The van der Waals surface area contributed by atoms with Crippen LogP contribution in [0.4, 0.5) is 0 Å². The number of aliphatic hydroxyl groups excluding tert-OH is 1. The second-order valence-electron chi connectivity index (χ2n) is 25.9. The third-order valence-electron chi connectivity index (χ3n) is 16.4. The average Bonchev–Trinajstić information content (AvgIpc) is 0.986. The molecule has 0 bridgehead atoms. The molecule has 0 aliphatic heterocycles. The zero-order chi connectivity index (χ0) is 71.8. The number of carbonyl (C=O) groups is 4. The van der Waals surface area contributed by atoms with Crippen LogP contribution < -0.4 is 0 Å². The number of hydrogen-bond acceptors (Lipinski definition) is 15. The lowest BCUT2D eigenvalue weighted by molar-refractivity contribution is -0.161. The molecule has 0 fully saturated rings. The number of phosphoric acid groups is 2. The number of aliphatic hydroxyl groups is 1. The smallest absolute Gasteiger partial charge is 0.462 e. The van der Waals surface area contributed by atoms with Gasteiger partial charge in [-0.15, -0.1) is 0 Å². The summed E-state index contributed by atoms with van der Waals surface area (Å²) in [4.78, 5) is 72.9. The number of unbranched alkanes of at least 4 members (excludes halogenated alkanes) is 33. The molecular formula is C79H140O17P2. The Labute approximate surface area is 595 Å². The van der Waals surface area contributed by atoms with Crippen molar-refractivity contribution in [1.82, 2.24) is 0 Å².